The fourth-order valence-electron chi connectivity index (χ4n) is 1.58. The zero-order valence-corrected chi connectivity index (χ0v) is 10.3. The normalized spacial score (nSPS) is 12.4. The predicted molar refractivity (Wildman–Crippen MR) is 64.4 cm³/mol. The fourth-order valence-corrected chi connectivity index (χ4v) is 2.12. The summed E-state index contributed by atoms with van der Waals surface area (Å²) in [4.78, 5) is 10.4. The monoisotopic (exact) mass is 279 g/mol. The molecule has 1 aromatic heterocycles. The number of hydrogen-bond acceptors (Lipinski definition) is 3. The minimum atomic E-state index is -0.381. The molecule has 82 valence electrons. The predicted octanol–water partition coefficient (Wildman–Crippen LogP) is 3.28. The summed E-state index contributed by atoms with van der Waals surface area (Å²) in [6, 6.07) is 9.65. The number of aryl methyl sites for hydroxylation is 1. The van der Waals surface area contributed by atoms with E-state index in [0.29, 0.717) is 11.5 Å². The molecule has 2 aromatic rings. The molecule has 0 aliphatic heterocycles. The van der Waals surface area contributed by atoms with Crippen LogP contribution < -0.4 is 0 Å². The maximum atomic E-state index is 10.8. The first-order valence-electron chi connectivity index (χ1n) is 4.85. The first kappa shape index (κ1) is 11.1. The van der Waals surface area contributed by atoms with Crippen molar-refractivity contribution in [3.63, 3.8) is 0 Å². The SMILES string of the molecule is Cc1onc(-c2ccccc2)c1C(Br)C=O. The topological polar surface area (TPSA) is 43.1 Å². The van der Waals surface area contributed by atoms with E-state index in [4.69, 9.17) is 4.52 Å². The zero-order valence-electron chi connectivity index (χ0n) is 8.68. The van der Waals surface area contributed by atoms with Crippen LogP contribution >= 0.6 is 15.9 Å². The Morgan fingerprint density at radius 3 is 2.69 bits per heavy atom. The van der Waals surface area contributed by atoms with E-state index in [2.05, 4.69) is 21.1 Å². The molecule has 1 unspecified atom stereocenters. The van der Waals surface area contributed by atoms with Crippen LogP contribution in [0.4, 0.5) is 0 Å². The second-order valence-corrected chi connectivity index (χ2v) is 4.39. The quantitative estimate of drug-likeness (QED) is 0.640. The van der Waals surface area contributed by atoms with E-state index in [0.717, 1.165) is 17.4 Å². The van der Waals surface area contributed by atoms with Gasteiger partial charge in [-0.05, 0) is 6.92 Å². The van der Waals surface area contributed by atoms with Gasteiger partial charge in [0.25, 0.3) is 0 Å². The van der Waals surface area contributed by atoms with Crippen molar-refractivity contribution in [3.8, 4) is 11.3 Å². The minimum absolute atomic E-state index is 0.381. The standard InChI is InChI=1S/C12H10BrNO2/c1-8-11(10(13)7-15)12(14-16-8)9-5-3-2-4-6-9/h2-7,10H,1H3. The van der Waals surface area contributed by atoms with E-state index >= 15 is 0 Å². The van der Waals surface area contributed by atoms with E-state index in [1.165, 1.54) is 0 Å². The number of carbonyl (C=O) groups is 1. The number of halogens is 1. The Kier molecular flexibility index (Phi) is 3.19. The van der Waals surface area contributed by atoms with Gasteiger partial charge in [-0.2, -0.15) is 0 Å². The van der Waals surface area contributed by atoms with Gasteiger partial charge in [0.2, 0.25) is 0 Å². The zero-order chi connectivity index (χ0) is 11.5. The number of nitrogens with zero attached hydrogens (tertiary/aromatic N) is 1. The van der Waals surface area contributed by atoms with Gasteiger partial charge in [-0.3, -0.25) is 0 Å². The van der Waals surface area contributed by atoms with Gasteiger partial charge in [0, 0.05) is 11.1 Å². The van der Waals surface area contributed by atoms with Crippen molar-refractivity contribution in [1.29, 1.82) is 0 Å². The summed E-state index contributed by atoms with van der Waals surface area (Å²) in [5.41, 5.74) is 2.45. The smallest absolute Gasteiger partial charge is 0.139 e. The Hall–Kier alpha value is -1.42. The third-order valence-corrected chi connectivity index (χ3v) is 3.02. The van der Waals surface area contributed by atoms with E-state index in [-0.39, 0.29) is 4.83 Å². The second kappa shape index (κ2) is 4.61. The number of carbonyl (C=O) groups excluding carboxylic acids is 1. The van der Waals surface area contributed by atoms with Crippen molar-refractivity contribution >= 4 is 22.2 Å². The summed E-state index contributed by atoms with van der Waals surface area (Å²) in [6.07, 6.45) is 0.825. The molecule has 0 radical (unpaired) electrons. The van der Waals surface area contributed by atoms with Crippen LogP contribution in [0.15, 0.2) is 34.9 Å². The summed E-state index contributed by atoms with van der Waals surface area (Å²) >= 11 is 3.29. The van der Waals surface area contributed by atoms with Crippen LogP contribution in [0.1, 0.15) is 16.2 Å². The van der Waals surface area contributed by atoms with Gasteiger partial charge >= 0.3 is 0 Å². The van der Waals surface area contributed by atoms with Gasteiger partial charge in [-0.25, -0.2) is 0 Å². The molecular formula is C12H10BrNO2. The summed E-state index contributed by atoms with van der Waals surface area (Å²) < 4.78 is 5.13. The third-order valence-electron chi connectivity index (χ3n) is 2.35. The number of benzene rings is 1. The van der Waals surface area contributed by atoms with Crippen LogP contribution in [0, 0.1) is 6.92 Å². The fraction of sp³-hybridized carbons (Fsp3) is 0.167. The Bertz CT molecular complexity index is 493. The van der Waals surface area contributed by atoms with E-state index < -0.39 is 0 Å². The van der Waals surface area contributed by atoms with Crippen molar-refractivity contribution in [2.45, 2.75) is 11.8 Å². The van der Waals surface area contributed by atoms with Gasteiger partial charge in [0.15, 0.2) is 0 Å². The molecule has 2 rings (SSSR count). The Morgan fingerprint density at radius 2 is 2.06 bits per heavy atom. The molecule has 0 N–H and O–H groups in total. The maximum Gasteiger partial charge on any atom is 0.139 e. The van der Waals surface area contributed by atoms with Crippen LogP contribution in [-0.4, -0.2) is 11.4 Å². The lowest BCUT2D eigenvalue weighted by Crippen LogP contribution is -1.94. The summed E-state index contributed by atoms with van der Waals surface area (Å²) in [5.74, 6) is 0.660. The number of aromatic nitrogens is 1. The van der Waals surface area contributed by atoms with Crippen molar-refractivity contribution in [1.82, 2.24) is 5.16 Å². The van der Waals surface area contributed by atoms with Crippen LogP contribution in [0.25, 0.3) is 11.3 Å². The first-order valence-corrected chi connectivity index (χ1v) is 5.76. The summed E-state index contributed by atoms with van der Waals surface area (Å²) in [5, 5.41) is 3.99. The minimum Gasteiger partial charge on any atom is -0.361 e. The molecule has 0 amide bonds. The van der Waals surface area contributed by atoms with Gasteiger partial charge in [0.05, 0.1) is 0 Å². The van der Waals surface area contributed by atoms with Crippen LogP contribution in [0.3, 0.4) is 0 Å². The summed E-state index contributed by atoms with van der Waals surface area (Å²) in [6.45, 7) is 1.80. The molecule has 1 atom stereocenters. The average Bonchev–Trinajstić information content (AvgIpc) is 2.71. The molecule has 1 aromatic carbocycles. The molecule has 0 aliphatic carbocycles. The lowest BCUT2D eigenvalue weighted by molar-refractivity contribution is -0.107. The van der Waals surface area contributed by atoms with E-state index in [9.17, 15) is 4.79 Å². The highest BCUT2D eigenvalue weighted by Crippen LogP contribution is 2.33. The van der Waals surface area contributed by atoms with E-state index in [1.807, 2.05) is 30.3 Å². The molecule has 3 nitrogen and oxygen atoms in total. The number of aldehydes is 1. The van der Waals surface area contributed by atoms with Gasteiger partial charge in [-0.15, -0.1) is 0 Å². The highest BCUT2D eigenvalue weighted by molar-refractivity contribution is 9.09. The molecule has 0 saturated heterocycles. The summed E-state index contributed by atoms with van der Waals surface area (Å²) in [7, 11) is 0. The van der Waals surface area contributed by atoms with Crippen LogP contribution in [0.5, 0.6) is 0 Å². The number of alkyl halides is 1. The Morgan fingerprint density at radius 1 is 1.38 bits per heavy atom. The molecule has 4 heteroatoms. The highest BCUT2D eigenvalue weighted by atomic mass is 79.9. The van der Waals surface area contributed by atoms with Gasteiger partial charge < -0.3 is 9.32 Å². The van der Waals surface area contributed by atoms with Crippen molar-refractivity contribution in [2.24, 2.45) is 0 Å². The number of rotatable bonds is 3. The Labute approximate surface area is 102 Å². The van der Waals surface area contributed by atoms with Gasteiger partial charge in [-0.1, -0.05) is 51.4 Å². The van der Waals surface area contributed by atoms with Gasteiger partial charge in [0.1, 0.15) is 22.6 Å². The Balaban J connectivity index is 2.54. The lowest BCUT2D eigenvalue weighted by Gasteiger charge is -2.03. The maximum absolute atomic E-state index is 10.8. The van der Waals surface area contributed by atoms with Crippen LogP contribution in [-0.2, 0) is 4.79 Å². The molecule has 16 heavy (non-hydrogen) atoms. The van der Waals surface area contributed by atoms with Crippen LogP contribution in [0.2, 0.25) is 0 Å². The number of hydrogen-bond donors (Lipinski definition) is 0. The molecule has 1 heterocycles. The lowest BCUT2D eigenvalue weighted by atomic mass is 10.0. The van der Waals surface area contributed by atoms with Crippen molar-refractivity contribution < 1.29 is 9.32 Å². The average molecular weight is 280 g/mol. The van der Waals surface area contributed by atoms with Crippen molar-refractivity contribution in [2.75, 3.05) is 0 Å². The largest absolute Gasteiger partial charge is 0.361 e. The molecule has 0 aliphatic rings. The highest BCUT2D eigenvalue weighted by Gasteiger charge is 2.20. The van der Waals surface area contributed by atoms with E-state index in [1.54, 1.807) is 6.92 Å². The second-order valence-electron chi connectivity index (χ2n) is 3.40. The molecule has 0 saturated carbocycles. The first-order chi connectivity index (χ1) is 7.74. The molecule has 0 bridgehead atoms. The third kappa shape index (κ3) is 1.93. The molecule has 0 spiro atoms. The molecule has 0 fully saturated rings. The molecular weight excluding hydrogens is 270 g/mol. The van der Waals surface area contributed by atoms with Crippen molar-refractivity contribution in [3.05, 3.63) is 41.7 Å².